The lowest BCUT2D eigenvalue weighted by molar-refractivity contribution is 0.661. The summed E-state index contributed by atoms with van der Waals surface area (Å²) in [7, 11) is 0. The van der Waals surface area contributed by atoms with Gasteiger partial charge in [-0.1, -0.05) is 232 Å². The Bertz CT molecular complexity index is 2530. The van der Waals surface area contributed by atoms with Gasteiger partial charge >= 0.3 is 0 Å². The summed E-state index contributed by atoms with van der Waals surface area (Å²) in [4.78, 5) is 0. The van der Waals surface area contributed by atoms with Crippen molar-refractivity contribution in [3.63, 3.8) is 0 Å². The summed E-state index contributed by atoms with van der Waals surface area (Å²) in [5.74, 6) is 1.08. The minimum absolute atomic E-state index is 0.107. The largest absolute Gasteiger partial charge is 0.0988 e. The number of fused-ring (bicyclic) bond motifs is 8. The number of allylic oxidation sites excluding steroid dienone is 4. The standard InChI is InChI=1S/C24H28.C19H16.C14H12.C2H6/c1-6-18(4)22(8-3)24-17-21(14-15-23(24)19(5)7-2)16-20-12-10-9-11-13-20;1-19(2)16-10-6-5-9-15(16)18-14-8-4-3-7-13(14)11-12-17(18)19;1-10-11-6-2-4-8-13(11)14-9-5-3-7-12(10)14;1-2/h6,8-15,17,19H,1,3,7,16H2,2,4-5H3;3-12H,1-2H3;2-10H,1H3;1-2H3/b22-18+;;;. The second-order valence-electron chi connectivity index (χ2n) is 16.2. The first-order valence-corrected chi connectivity index (χ1v) is 21.6. The maximum absolute atomic E-state index is 4.04. The van der Waals surface area contributed by atoms with Crippen LogP contribution in [0.1, 0.15) is 118 Å². The molecule has 0 bridgehead atoms. The summed E-state index contributed by atoms with van der Waals surface area (Å²) in [6.45, 7) is 25.5. The summed E-state index contributed by atoms with van der Waals surface area (Å²) in [5.41, 5.74) is 19.3. The molecule has 0 aliphatic heterocycles. The molecule has 1 atom stereocenters. The Kier molecular flexibility index (Phi) is 13.9. The van der Waals surface area contributed by atoms with Crippen molar-refractivity contribution in [3.05, 3.63) is 233 Å². The Morgan fingerprint density at radius 2 is 1.20 bits per heavy atom. The Morgan fingerprint density at radius 3 is 1.83 bits per heavy atom. The van der Waals surface area contributed by atoms with Crippen molar-refractivity contribution in [2.24, 2.45) is 0 Å². The van der Waals surface area contributed by atoms with E-state index in [9.17, 15) is 0 Å². The Morgan fingerprint density at radius 1 is 0.627 bits per heavy atom. The lowest BCUT2D eigenvalue weighted by atomic mass is 9.82. The zero-order chi connectivity index (χ0) is 42.1. The van der Waals surface area contributed by atoms with Gasteiger partial charge in [0.25, 0.3) is 0 Å². The van der Waals surface area contributed by atoms with Gasteiger partial charge in [-0.2, -0.15) is 0 Å². The van der Waals surface area contributed by atoms with Gasteiger partial charge in [-0.05, 0) is 114 Å². The molecule has 0 fully saturated rings. The van der Waals surface area contributed by atoms with Crippen molar-refractivity contribution in [2.75, 3.05) is 0 Å². The van der Waals surface area contributed by atoms with E-state index < -0.39 is 0 Å². The first-order valence-electron chi connectivity index (χ1n) is 21.6. The minimum atomic E-state index is 0.107. The summed E-state index contributed by atoms with van der Waals surface area (Å²) < 4.78 is 0. The van der Waals surface area contributed by atoms with Crippen molar-refractivity contribution >= 4 is 16.3 Å². The molecule has 0 nitrogen and oxygen atoms in total. The number of hydrogen-bond acceptors (Lipinski definition) is 0. The van der Waals surface area contributed by atoms with Crippen molar-refractivity contribution < 1.29 is 0 Å². The summed E-state index contributed by atoms with van der Waals surface area (Å²) in [5, 5.41) is 2.70. The maximum atomic E-state index is 4.04. The highest BCUT2D eigenvalue weighted by Crippen LogP contribution is 2.51. The van der Waals surface area contributed by atoms with Crippen LogP contribution in [0.25, 0.3) is 38.6 Å². The van der Waals surface area contributed by atoms with Crippen LogP contribution in [0, 0.1) is 0 Å². The van der Waals surface area contributed by atoms with Crippen molar-refractivity contribution in [2.45, 2.75) is 85.5 Å². The zero-order valence-corrected chi connectivity index (χ0v) is 36.6. The summed E-state index contributed by atoms with van der Waals surface area (Å²) >= 11 is 0. The third-order valence-corrected chi connectivity index (χ3v) is 12.4. The van der Waals surface area contributed by atoms with Crippen LogP contribution in [0.2, 0.25) is 0 Å². The quantitative estimate of drug-likeness (QED) is 0.142. The summed E-state index contributed by atoms with van der Waals surface area (Å²) in [6.07, 6.45) is 5.96. The molecule has 59 heavy (non-hydrogen) atoms. The molecule has 9 rings (SSSR count). The van der Waals surface area contributed by atoms with Crippen LogP contribution in [0.3, 0.4) is 0 Å². The first kappa shape index (κ1) is 42.6. The fourth-order valence-corrected chi connectivity index (χ4v) is 8.90. The van der Waals surface area contributed by atoms with Crippen LogP contribution in [0.15, 0.2) is 189 Å². The molecule has 0 heteroatoms. The second kappa shape index (κ2) is 19.2. The van der Waals surface area contributed by atoms with Gasteiger partial charge in [0, 0.05) is 11.3 Å². The number of hydrogen-bond donors (Lipinski definition) is 0. The van der Waals surface area contributed by atoms with Gasteiger partial charge in [0.2, 0.25) is 0 Å². The molecule has 0 radical (unpaired) electrons. The van der Waals surface area contributed by atoms with Gasteiger partial charge in [0.05, 0.1) is 0 Å². The van der Waals surface area contributed by atoms with E-state index in [1.54, 1.807) is 0 Å². The molecule has 0 aromatic heterocycles. The first-order chi connectivity index (χ1) is 28.7. The average Bonchev–Trinajstić information content (AvgIpc) is 3.71. The van der Waals surface area contributed by atoms with E-state index in [4.69, 9.17) is 0 Å². The van der Waals surface area contributed by atoms with Crippen LogP contribution in [-0.2, 0) is 11.8 Å². The molecule has 2 aliphatic rings. The molecular formula is C59H62. The average molecular weight is 771 g/mol. The Labute approximate surface area is 355 Å². The van der Waals surface area contributed by atoms with Crippen LogP contribution in [-0.4, -0.2) is 0 Å². The second-order valence-corrected chi connectivity index (χ2v) is 16.2. The topological polar surface area (TPSA) is 0 Å². The van der Waals surface area contributed by atoms with Gasteiger partial charge in [0.15, 0.2) is 0 Å². The highest BCUT2D eigenvalue weighted by Gasteiger charge is 2.35. The van der Waals surface area contributed by atoms with E-state index in [0.717, 1.165) is 12.8 Å². The van der Waals surface area contributed by atoms with Crippen LogP contribution < -0.4 is 0 Å². The van der Waals surface area contributed by atoms with E-state index in [-0.39, 0.29) is 5.41 Å². The maximum Gasteiger partial charge on any atom is 0.0159 e. The van der Waals surface area contributed by atoms with E-state index in [1.807, 2.05) is 26.0 Å². The highest BCUT2D eigenvalue weighted by atomic mass is 14.4. The zero-order valence-electron chi connectivity index (χ0n) is 36.6. The molecule has 0 N–H and O–H groups in total. The Hall–Kier alpha value is -5.98. The highest BCUT2D eigenvalue weighted by molar-refractivity contribution is 6.02. The molecule has 298 valence electrons. The molecule has 0 heterocycles. The van der Waals surface area contributed by atoms with Gasteiger partial charge < -0.3 is 0 Å². The van der Waals surface area contributed by atoms with Crippen LogP contribution in [0.5, 0.6) is 0 Å². The molecule has 0 saturated carbocycles. The molecule has 7 aromatic rings. The molecule has 0 saturated heterocycles. The molecule has 0 amide bonds. The lowest BCUT2D eigenvalue weighted by Gasteiger charge is -2.21. The van der Waals surface area contributed by atoms with Crippen molar-refractivity contribution in [1.29, 1.82) is 0 Å². The third-order valence-electron chi connectivity index (χ3n) is 12.4. The van der Waals surface area contributed by atoms with Gasteiger partial charge in [-0.15, -0.1) is 0 Å². The molecular weight excluding hydrogens is 709 g/mol. The van der Waals surface area contributed by atoms with Gasteiger partial charge in [-0.25, -0.2) is 0 Å². The molecule has 7 aromatic carbocycles. The van der Waals surface area contributed by atoms with Gasteiger partial charge in [-0.3, -0.25) is 0 Å². The number of benzene rings is 7. The fourth-order valence-electron chi connectivity index (χ4n) is 8.90. The normalized spacial score (nSPS) is 13.6. The van der Waals surface area contributed by atoms with E-state index >= 15 is 0 Å². The molecule has 1 unspecified atom stereocenters. The van der Waals surface area contributed by atoms with Crippen LogP contribution in [0.4, 0.5) is 0 Å². The monoisotopic (exact) mass is 770 g/mol. The predicted molar refractivity (Wildman–Crippen MR) is 260 cm³/mol. The minimum Gasteiger partial charge on any atom is -0.0988 e. The van der Waals surface area contributed by atoms with E-state index in [1.165, 1.54) is 88.7 Å². The van der Waals surface area contributed by atoms with E-state index in [0.29, 0.717) is 11.8 Å². The fraction of sp³-hybridized carbons (Fsp3) is 0.220. The number of rotatable bonds is 7. The van der Waals surface area contributed by atoms with Crippen LogP contribution >= 0.6 is 0 Å². The smallest absolute Gasteiger partial charge is 0.0159 e. The lowest BCUT2D eigenvalue weighted by Crippen LogP contribution is -2.14. The van der Waals surface area contributed by atoms with Gasteiger partial charge in [0.1, 0.15) is 0 Å². The Balaban J connectivity index is 0.000000150. The summed E-state index contributed by atoms with van der Waals surface area (Å²) in [6, 6.07) is 57.0. The van der Waals surface area contributed by atoms with Crippen molar-refractivity contribution in [1.82, 2.24) is 0 Å². The van der Waals surface area contributed by atoms with Crippen molar-refractivity contribution in [3.8, 4) is 22.3 Å². The molecule has 2 aliphatic carbocycles. The van der Waals surface area contributed by atoms with E-state index in [2.05, 4.69) is 212 Å². The molecule has 0 spiro atoms. The third kappa shape index (κ3) is 8.74. The predicted octanol–water partition coefficient (Wildman–Crippen LogP) is 16.9. The SMILES string of the molecule is C=C/C(C)=C(\C=C)c1cc(Cc2ccccc2)ccc1C(C)CC.CC.CC1(C)c2ccccc2-c2c1ccc1ccccc21.CC1c2ccccc2-c2ccccc21.